The highest BCUT2D eigenvalue weighted by Gasteiger charge is 2.14. The summed E-state index contributed by atoms with van der Waals surface area (Å²) in [6.45, 7) is 3.75. The van der Waals surface area contributed by atoms with Crippen LogP contribution in [-0.4, -0.2) is 20.8 Å². The van der Waals surface area contributed by atoms with Crippen molar-refractivity contribution in [1.82, 2.24) is 9.13 Å². The number of rotatable bonds is 4. The Balaban J connectivity index is 2.57. The maximum atomic E-state index is 12.3. The van der Waals surface area contributed by atoms with Gasteiger partial charge in [0.1, 0.15) is 0 Å². The zero-order valence-corrected chi connectivity index (χ0v) is 11.2. The molecule has 0 saturated carbocycles. The van der Waals surface area contributed by atoms with Gasteiger partial charge in [0.2, 0.25) is 0 Å². The molecule has 5 heteroatoms. The summed E-state index contributed by atoms with van der Waals surface area (Å²) in [6.07, 6.45) is 3.49. The minimum atomic E-state index is -0.495. The predicted molar refractivity (Wildman–Crippen MR) is 74.4 cm³/mol. The second kappa shape index (κ2) is 5.42. The third-order valence-electron chi connectivity index (χ3n) is 3.15. The normalized spacial score (nSPS) is 12.9. The number of nitrogens with two attached hydrogens (primary N) is 1. The largest absolute Gasteiger partial charge is 0.394 e. The highest BCUT2D eigenvalue weighted by molar-refractivity contribution is 5.43. The Morgan fingerprint density at radius 2 is 1.95 bits per heavy atom. The molecule has 2 rings (SSSR count). The van der Waals surface area contributed by atoms with E-state index in [1.165, 1.54) is 0 Å². The van der Waals surface area contributed by atoms with Crippen molar-refractivity contribution in [2.75, 3.05) is 6.61 Å². The van der Waals surface area contributed by atoms with Crippen molar-refractivity contribution in [2.24, 2.45) is 5.73 Å². The molecule has 2 aromatic rings. The lowest BCUT2D eigenvalue weighted by atomic mass is 10.1. The molecular weight excluding hydrogens is 242 g/mol. The number of hydrogen-bond donors (Lipinski definition) is 2. The summed E-state index contributed by atoms with van der Waals surface area (Å²) in [6, 6.07) is 6.96. The molecule has 1 heterocycles. The molecule has 0 amide bonds. The average molecular weight is 261 g/mol. The lowest BCUT2D eigenvalue weighted by molar-refractivity contribution is 0.268. The highest BCUT2D eigenvalue weighted by atomic mass is 16.3. The standard InChI is InChI=1S/C14H19N3O2/c1-10(2)16-7-8-17(14(16)19)13-6-4-3-5-11(13)12(15)9-18/h3-8,10,12,18H,9,15H2,1-2H3. The second-order valence-electron chi connectivity index (χ2n) is 4.80. The summed E-state index contributed by atoms with van der Waals surface area (Å²) in [4.78, 5) is 12.3. The van der Waals surface area contributed by atoms with Crippen LogP contribution in [0.3, 0.4) is 0 Å². The lowest BCUT2D eigenvalue weighted by Crippen LogP contribution is -2.26. The van der Waals surface area contributed by atoms with Crippen LogP contribution >= 0.6 is 0 Å². The number of aromatic nitrogens is 2. The number of imidazole rings is 1. The molecular formula is C14H19N3O2. The van der Waals surface area contributed by atoms with Crippen LogP contribution in [0.4, 0.5) is 0 Å². The van der Waals surface area contributed by atoms with Crippen molar-refractivity contribution >= 4 is 0 Å². The van der Waals surface area contributed by atoms with Crippen LogP contribution in [-0.2, 0) is 0 Å². The van der Waals surface area contributed by atoms with Crippen LogP contribution in [0.5, 0.6) is 0 Å². The minimum Gasteiger partial charge on any atom is -0.394 e. The first-order valence-corrected chi connectivity index (χ1v) is 6.31. The van der Waals surface area contributed by atoms with Crippen LogP contribution in [0.15, 0.2) is 41.5 Å². The summed E-state index contributed by atoms with van der Waals surface area (Å²) in [5, 5.41) is 9.20. The highest BCUT2D eigenvalue weighted by Crippen LogP contribution is 2.19. The Labute approximate surface area is 111 Å². The topological polar surface area (TPSA) is 73.2 Å². The second-order valence-corrected chi connectivity index (χ2v) is 4.80. The van der Waals surface area contributed by atoms with Crippen LogP contribution in [0.1, 0.15) is 31.5 Å². The monoisotopic (exact) mass is 261 g/mol. The SMILES string of the molecule is CC(C)n1ccn(-c2ccccc2C(N)CO)c1=O. The van der Waals surface area contributed by atoms with Gasteiger partial charge in [0.15, 0.2) is 0 Å². The smallest absolute Gasteiger partial charge is 0.332 e. The zero-order chi connectivity index (χ0) is 14.0. The minimum absolute atomic E-state index is 0.104. The average Bonchev–Trinajstić information content (AvgIpc) is 2.79. The number of aliphatic hydroxyl groups is 1. The fraction of sp³-hybridized carbons (Fsp3) is 0.357. The zero-order valence-electron chi connectivity index (χ0n) is 11.2. The molecule has 0 fully saturated rings. The van der Waals surface area contributed by atoms with Gasteiger partial charge < -0.3 is 10.8 Å². The molecule has 0 saturated heterocycles. The maximum absolute atomic E-state index is 12.3. The van der Waals surface area contributed by atoms with Gasteiger partial charge in [-0.2, -0.15) is 0 Å². The molecule has 1 atom stereocenters. The molecule has 102 valence electrons. The summed E-state index contributed by atoms with van der Waals surface area (Å²) in [7, 11) is 0. The van der Waals surface area contributed by atoms with Crippen molar-refractivity contribution in [3.05, 3.63) is 52.7 Å². The third kappa shape index (κ3) is 2.47. The molecule has 1 aromatic carbocycles. The van der Waals surface area contributed by atoms with Gasteiger partial charge in [-0.3, -0.25) is 9.13 Å². The van der Waals surface area contributed by atoms with Crippen LogP contribution in [0.25, 0.3) is 5.69 Å². The maximum Gasteiger partial charge on any atom is 0.332 e. The first-order valence-electron chi connectivity index (χ1n) is 6.31. The molecule has 0 aliphatic heterocycles. The van der Waals surface area contributed by atoms with E-state index in [0.29, 0.717) is 5.69 Å². The third-order valence-corrected chi connectivity index (χ3v) is 3.15. The summed E-state index contributed by atoms with van der Waals surface area (Å²) < 4.78 is 3.21. The van der Waals surface area contributed by atoms with Crippen molar-refractivity contribution in [2.45, 2.75) is 25.9 Å². The fourth-order valence-corrected chi connectivity index (χ4v) is 2.09. The Bertz CT molecular complexity index is 613. The Morgan fingerprint density at radius 3 is 2.53 bits per heavy atom. The molecule has 0 aliphatic rings. The molecule has 0 bridgehead atoms. The van der Waals surface area contributed by atoms with E-state index in [9.17, 15) is 9.90 Å². The van der Waals surface area contributed by atoms with E-state index >= 15 is 0 Å². The first-order chi connectivity index (χ1) is 9.06. The van der Waals surface area contributed by atoms with Crippen molar-refractivity contribution in [3.63, 3.8) is 0 Å². The first kappa shape index (κ1) is 13.6. The Hall–Kier alpha value is -1.85. The van der Waals surface area contributed by atoms with E-state index in [-0.39, 0.29) is 18.3 Å². The number of nitrogens with zero attached hydrogens (tertiary/aromatic N) is 2. The molecule has 0 spiro atoms. The van der Waals surface area contributed by atoms with E-state index < -0.39 is 6.04 Å². The van der Waals surface area contributed by atoms with Crippen molar-refractivity contribution in [3.8, 4) is 5.69 Å². The Morgan fingerprint density at radius 1 is 1.26 bits per heavy atom. The van der Waals surface area contributed by atoms with Gasteiger partial charge >= 0.3 is 5.69 Å². The van der Waals surface area contributed by atoms with Crippen molar-refractivity contribution in [1.29, 1.82) is 0 Å². The van der Waals surface area contributed by atoms with Gasteiger partial charge in [-0.15, -0.1) is 0 Å². The predicted octanol–water partition coefficient (Wildman–Crippen LogP) is 1.21. The lowest BCUT2D eigenvalue weighted by Gasteiger charge is -2.14. The molecule has 5 nitrogen and oxygen atoms in total. The molecule has 3 N–H and O–H groups in total. The number of hydrogen-bond acceptors (Lipinski definition) is 3. The van der Waals surface area contributed by atoms with Gasteiger partial charge in [0.25, 0.3) is 0 Å². The number of benzene rings is 1. The quantitative estimate of drug-likeness (QED) is 0.869. The molecule has 1 aromatic heterocycles. The van der Waals surface area contributed by atoms with Gasteiger partial charge in [-0.1, -0.05) is 18.2 Å². The number of aliphatic hydroxyl groups excluding tert-OH is 1. The summed E-state index contributed by atoms with van der Waals surface area (Å²) >= 11 is 0. The van der Waals surface area contributed by atoms with Gasteiger partial charge in [-0.05, 0) is 25.5 Å². The summed E-state index contributed by atoms with van der Waals surface area (Å²) in [5.41, 5.74) is 7.25. The van der Waals surface area contributed by atoms with Gasteiger partial charge in [0, 0.05) is 18.4 Å². The van der Waals surface area contributed by atoms with Crippen LogP contribution in [0.2, 0.25) is 0 Å². The Kier molecular flexibility index (Phi) is 3.87. The fourth-order valence-electron chi connectivity index (χ4n) is 2.09. The summed E-state index contributed by atoms with van der Waals surface area (Å²) in [5.74, 6) is 0. The van der Waals surface area contributed by atoms with Crippen molar-refractivity contribution < 1.29 is 5.11 Å². The molecule has 19 heavy (non-hydrogen) atoms. The molecule has 1 unspecified atom stereocenters. The van der Waals surface area contributed by atoms with Crippen LogP contribution < -0.4 is 11.4 Å². The van der Waals surface area contributed by atoms with E-state index in [2.05, 4.69) is 0 Å². The van der Waals surface area contributed by atoms with Crippen LogP contribution in [0, 0.1) is 0 Å². The van der Waals surface area contributed by atoms with E-state index in [1.807, 2.05) is 38.1 Å². The molecule has 0 radical (unpaired) electrons. The molecule has 0 aliphatic carbocycles. The van der Waals surface area contributed by atoms with Gasteiger partial charge in [0.05, 0.1) is 18.3 Å². The van der Waals surface area contributed by atoms with E-state index in [1.54, 1.807) is 21.5 Å². The number of para-hydroxylation sites is 1. The van der Waals surface area contributed by atoms with E-state index in [4.69, 9.17) is 5.73 Å². The van der Waals surface area contributed by atoms with Gasteiger partial charge in [-0.25, -0.2) is 4.79 Å². The van der Waals surface area contributed by atoms with E-state index in [0.717, 1.165) is 5.56 Å².